The molecule has 5 heteroatoms. The van der Waals surface area contributed by atoms with E-state index >= 15 is 0 Å². The van der Waals surface area contributed by atoms with Gasteiger partial charge < -0.3 is 4.74 Å². The van der Waals surface area contributed by atoms with E-state index < -0.39 is 0 Å². The third-order valence-corrected chi connectivity index (χ3v) is 6.83. The lowest BCUT2D eigenvalue weighted by atomic mass is 10.0. The molecule has 2 heterocycles. The van der Waals surface area contributed by atoms with E-state index in [1.807, 2.05) is 47.8 Å². The molecule has 4 nitrogen and oxygen atoms in total. The zero-order chi connectivity index (χ0) is 23.3. The number of rotatable bonds is 8. The van der Waals surface area contributed by atoms with Crippen molar-refractivity contribution in [3.05, 3.63) is 106 Å². The van der Waals surface area contributed by atoms with Crippen LogP contribution in [-0.2, 0) is 6.54 Å². The minimum absolute atomic E-state index is 0.0211. The monoisotopic (exact) mass is 466 g/mol. The van der Waals surface area contributed by atoms with Crippen LogP contribution >= 0.6 is 11.3 Å². The van der Waals surface area contributed by atoms with Crippen LogP contribution in [0.5, 0.6) is 5.75 Å². The third-order valence-electron chi connectivity index (χ3n) is 5.95. The van der Waals surface area contributed by atoms with Gasteiger partial charge in [-0.05, 0) is 48.6 Å². The van der Waals surface area contributed by atoms with Gasteiger partial charge in [0.1, 0.15) is 10.6 Å². The van der Waals surface area contributed by atoms with Gasteiger partial charge >= 0.3 is 0 Å². The maximum Gasteiger partial charge on any atom is 0.262 e. The Bertz CT molecular complexity index is 1440. The minimum Gasteiger partial charge on any atom is -0.494 e. The average molecular weight is 467 g/mol. The van der Waals surface area contributed by atoms with E-state index in [9.17, 15) is 4.79 Å². The number of aryl methyl sites for hydroxylation is 2. The molecule has 0 bridgehead atoms. The molecule has 0 spiro atoms. The van der Waals surface area contributed by atoms with Gasteiger partial charge in [0.25, 0.3) is 5.56 Å². The van der Waals surface area contributed by atoms with Gasteiger partial charge in [-0.1, -0.05) is 72.3 Å². The fourth-order valence-electron chi connectivity index (χ4n) is 4.02. The standard InChI is InChI=1S/C29H26N2O2S/c1-21-9-15-25(16-10-21)33-18-6-5-17-31-20-30-28-27(29(31)32)26(19-34-28)24-13-11-23(12-14-24)22-7-3-2-4-8-22/h2-4,7-16,19-20H,5-6,17-18H2,1H3. The highest BCUT2D eigenvalue weighted by atomic mass is 32.1. The summed E-state index contributed by atoms with van der Waals surface area (Å²) in [6.07, 6.45) is 3.39. The quantitative estimate of drug-likeness (QED) is 0.232. The molecular weight excluding hydrogens is 440 g/mol. The lowest BCUT2D eigenvalue weighted by Crippen LogP contribution is -2.20. The molecule has 34 heavy (non-hydrogen) atoms. The van der Waals surface area contributed by atoms with Gasteiger partial charge in [0, 0.05) is 17.5 Å². The summed E-state index contributed by atoms with van der Waals surface area (Å²) < 4.78 is 7.53. The number of hydrogen-bond donors (Lipinski definition) is 0. The van der Waals surface area contributed by atoms with Crippen molar-refractivity contribution in [1.29, 1.82) is 0 Å². The Kier molecular flexibility index (Phi) is 6.54. The van der Waals surface area contributed by atoms with Crippen molar-refractivity contribution >= 4 is 21.6 Å². The summed E-state index contributed by atoms with van der Waals surface area (Å²) in [7, 11) is 0. The van der Waals surface area contributed by atoms with Crippen LogP contribution in [0.4, 0.5) is 0 Å². The fraction of sp³-hybridized carbons (Fsp3) is 0.172. The molecule has 3 aromatic carbocycles. The molecule has 0 fully saturated rings. The molecular formula is C29H26N2O2S. The molecule has 5 aromatic rings. The maximum absolute atomic E-state index is 13.3. The van der Waals surface area contributed by atoms with E-state index in [2.05, 4.69) is 48.3 Å². The fourth-order valence-corrected chi connectivity index (χ4v) is 4.93. The van der Waals surface area contributed by atoms with Crippen LogP contribution in [0.2, 0.25) is 0 Å². The summed E-state index contributed by atoms with van der Waals surface area (Å²) in [6, 6.07) is 26.8. The van der Waals surface area contributed by atoms with Gasteiger partial charge in [0.15, 0.2) is 0 Å². The average Bonchev–Trinajstić information content (AvgIpc) is 3.32. The van der Waals surface area contributed by atoms with Crippen LogP contribution in [0.25, 0.3) is 32.5 Å². The van der Waals surface area contributed by atoms with Gasteiger partial charge in [-0.3, -0.25) is 9.36 Å². The van der Waals surface area contributed by atoms with Gasteiger partial charge in [-0.2, -0.15) is 0 Å². The van der Waals surface area contributed by atoms with Gasteiger partial charge in [-0.25, -0.2) is 4.98 Å². The molecule has 5 rings (SSSR count). The second kappa shape index (κ2) is 10.1. The first kappa shape index (κ1) is 22.1. The van der Waals surface area contributed by atoms with Crippen LogP contribution in [0.3, 0.4) is 0 Å². The van der Waals surface area contributed by atoms with E-state index in [4.69, 9.17) is 4.74 Å². The van der Waals surface area contributed by atoms with E-state index in [0.717, 1.165) is 40.1 Å². The van der Waals surface area contributed by atoms with E-state index in [-0.39, 0.29) is 5.56 Å². The highest BCUT2D eigenvalue weighted by Gasteiger charge is 2.13. The van der Waals surface area contributed by atoms with Crippen LogP contribution in [0, 0.1) is 6.92 Å². The number of ether oxygens (including phenoxy) is 1. The summed E-state index contributed by atoms with van der Waals surface area (Å²) in [5.41, 5.74) is 5.57. The topological polar surface area (TPSA) is 44.1 Å². The molecule has 0 unspecified atom stereocenters. The normalized spacial score (nSPS) is 11.1. The highest BCUT2D eigenvalue weighted by molar-refractivity contribution is 7.17. The lowest BCUT2D eigenvalue weighted by molar-refractivity contribution is 0.303. The lowest BCUT2D eigenvalue weighted by Gasteiger charge is -2.08. The van der Waals surface area contributed by atoms with E-state index in [1.54, 1.807) is 10.9 Å². The molecule has 0 amide bonds. The summed E-state index contributed by atoms with van der Waals surface area (Å²) >= 11 is 1.52. The molecule has 0 aliphatic rings. The predicted molar refractivity (Wildman–Crippen MR) is 141 cm³/mol. The minimum atomic E-state index is 0.0211. The van der Waals surface area contributed by atoms with E-state index in [0.29, 0.717) is 18.5 Å². The SMILES string of the molecule is Cc1ccc(OCCCCn2cnc3scc(-c4ccc(-c5ccccc5)cc4)c3c2=O)cc1. The number of unbranched alkanes of at least 4 members (excludes halogenated alkanes) is 1. The summed E-state index contributed by atoms with van der Waals surface area (Å²) in [4.78, 5) is 18.6. The van der Waals surface area contributed by atoms with Crippen LogP contribution in [0.1, 0.15) is 18.4 Å². The Morgan fingerprint density at radius 1 is 0.853 bits per heavy atom. The molecule has 0 aliphatic heterocycles. The molecule has 170 valence electrons. The summed E-state index contributed by atoms with van der Waals surface area (Å²) in [6.45, 7) is 3.32. The van der Waals surface area contributed by atoms with Gasteiger partial charge in [0.2, 0.25) is 0 Å². The molecule has 0 aliphatic carbocycles. The molecule has 0 saturated heterocycles. The Morgan fingerprint density at radius 3 is 2.32 bits per heavy atom. The van der Waals surface area contributed by atoms with Crippen molar-refractivity contribution in [1.82, 2.24) is 9.55 Å². The molecule has 2 aromatic heterocycles. The molecule has 0 atom stereocenters. The Hall–Kier alpha value is -3.70. The number of hydrogen-bond acceptors (Lipinski definition) is 4. The highest BCUT2D eigenvalue weighted by Crippen LogP contribution is 2.32. The van der Waals surface area contributed by atoms with Gasteiger partial charge in [0.05, 0.1) is 18.3 Å². The zero-order valence-electron chi connectivity index (χ0n) is 19.1. The number of benzene rings is 3. The van der Waals surface area contributed by atoms with Crippen LogP contribution in [-0.4, -0.2) is 16.2 Å². The molecule has 0 saturated carbocycles. The largest absolute Gasteiger partial charge is 0.494 e. The second-order valence-electron chi connectivity index (χ2n) is 8.38. The number of nitrogens with zero attached hydrogens (tertiary/aromatic N) is 2. The first-order chi connectivity index (χ1) is 16.7. The first-order valence-electron chi connectivity index (χ1n) is 11.5. The predicted octanol–water partition coefficient (Wildman–Crippen LogP) is 6.96. The van der Waals surface area contributed by atoms with Crippen molar-refractivity contribution in [3.63, 3.8) is 0 Å². The molecule has 0 radical (unpaired) electrons. The van der Waals surface area contributed by atoms with Crippen molar-refractivity contribution in [3.8, 4) is 28.0 Å². The van der Waals surface area contributed by atoms with E-state index in [1.165, 1.54) is 22.5 Å². The van der Waals surface area contributed by atoms with Crippen molar-refractivity contribution < 1.29 is 4.74 Å². The number of thiophene rings is 1. The number of aromatic nitrogens is 2. The maximum atomic E-state index is 13.3. The van der Waals surface area contributed by atoms with Crippen LogP contribution < -0.4 is 10.3 Å². The van der Waals surface area contributed by atoms with Crippen LogP contribution in [0.15, 0.2) is 95.4 Å². The van der Waals surface area contributed by atoms with Gasteiger partial charge in [-0.15, -0.1) is 11.3 Å². The summed E-state index contributed by atoms with van der Waals surface area (Å²) in [5.74, 6) is 0.882. The zero-order valence-corrected chi connectivity index (χ0v) is 19.9. The third kappa shape index (κ3) is 4.80. The Balaban J connectivity index is 1.28. The van der Waals surface area contributed by atoms with Crippen molar-refractivity contribution in [2.24, 2.45) is 0 Å². The van der Waals surface area contributed by atoms with Crippen molar-refractivity contribution in [2.75, 3.05) is 6.61 Å². The molecule has 0 N–H and O–H groups in total. The second-order valence-corrected chi connectivity index (χ2v) is 9.24. The number of fused-ring (bicyclic) bond motifs is 1. The first-order valence-corrected chi connectivity index (χ1v) is 12.4. The van der Waals surface area contributed by atoms with Crippen molar-refractivity contribution in [2.45, 2.75) is 26.3 Å². The summed E-state index contributed by atoms with van der Waals surface area (Å²) in [5, 5.41) is 2.74. The smallest absolute Gasteiger partial charge is 0.262 e. The Labute approximate surface area is 203 Å². The Morgan fingerprint density at radius 2 is 1.56 bits per heavy atom.